The number of fused-ring (bicyclic) bond motifs is 1. The average Bonchev–Trinajstić information content (AvgIpc) is 3.24. The van der Waals surface area contributed by atoms with Crippen molar-refractivity contribution in [1.29, 1.82) is 0 Å². The summed E-state index contributed by atoms with van der Waals surface area (Å²) in [6.07, 6.45) is 4.74. The second kappa shape index (κ2) is 8.60. The van der Waals surface area contributed by atoms with Crippen LogP contribution in [0.3, 0.4) is 0 Å². The van der Waals surface area contributed by atoms with E-state index in [1.165, 1.54) is 12.1 Å². The highest BCUT2D eigenvalue weighted by Crippen LogP contribution is 2.31. The lowest BCUT2D eigenvalue weighted by Gasteiger charge is -2.27. The lowest BCUT2D eigenvalue weighted by Crippen LogP contribution is -2.30. The largest absolute Gasteiger partial charge is 0.368 e. The summed E-state index contributed by atoms with van der Waals surface area (Å²) in [5.74, 6) is -1.33. The number of benzene rings is 2. The minimum absolute atomic E-state index is 0.00670. The van der Waals surface area contributed by atoms with Gasteiger partial charge in [-0.3, -0.25) is 0 Å². The fraction of sp³-hybridized carbons (Fsp3) is 0.333. The molecule has 176 valence electrons. The van der Waals surface area contributed by atoms with Gasteiger partial charge in [0.05, 0.1) is 17.3 Å². The molecule has 1 fully saturated rings. The molecule has 0 radical (unpaired) electrons. The monoisotopic (exact) mass is 465 g/mol. The summed E-state index contributed by atoms with van der Waals surface area (Å²) in [5, 5.41) is 8.56. The fourth-order valence-corrected chi connectivity index (χ4v) is 4.23. The van der Waals surface area contributed by atoms with Crippen LogP contribution in [-0.4, -0.2) is 31.3 Å². The van der Waals surface area contributed by atoms with E-state index in [0.717, 1.165) is 41.8 Å². The molecule has 1 unspecified atom stereocenters. The SMILES string of the molecule is CC(C)(Nc1nc(N)nc(-c2ccc3cnn(C4CCCCO4)c3c2)n1)c1cccc(F)c1F. The van der Waals surface area contributed by atoms with Crippen LogP contribution in [0.25, 0.3) is 22.3 Å². The Bertz CT molecular complexity index is 1350. The summed E-state index contributed by atoms with van der Waals surface area (Å²) < 4.78 is 36.0. The molecule has 1 atom stereocenters. The number of nitrogens with two attached hydrogens (primary N) is 1. The van der Waals surface area contributed by atoms with Gasteiger partial charge in [-0.05, 0) is 45.2 Å². The molecule has 10 heteroatoms. The van der Waals surface area contributed by atoms with Crippen LogP contribution in [0.4, 0.5) is 20.7 Å². The van der Waals surface area contributed by atoms with Gasteiger partial charge in [-0.25, -0.2) is 13.5 Å². The highest BCUT2D eigenvalue weighted by atomic mass is 19.2. The molecule has 0 saturated carbocycles. The third-order valence-corrected chi connectivity index (χ3v) is 5.99. The van der Waals surface area contributed by atoms with E-state index in [4.69, 9.17) is 10.5 Å². The maximum Gasteiger partial charge on any atom is 0.228 e. The van der Waals surface area contributed by atoms with E-state index in [1.54, 1.807) is 13.8 Å². The molecule has 8 nitrogen and oxygen atoms in total. The van der Waals surface area contributed by atoms with Gasteiger partial charge >= 0.3 is 0 Å². The number of hydrogen-bond donors (Lipinski definition) is 2. The molecular formula is C24H25F2N7O. The van der Waals surface area contributed by atoms with E-state index in [0.29, 0.717) is 12.4 Å². The van der Waals surface area contributed by atoms with Crippen molar-refractivity contribution in [1.82, 2.24) is 24.7 Å². The first-order valence-corrected chi connectivity index (χ1v) is 11.2. The Morgan fingerprint density at radius 3 is 2.76 bits per heavy atom. The first-order valence-electron chi connectivity index (χ1n) is 11.2. The molecule has 1 aliphatic rings. The smallest absolute Gasteiger partial charge is 0.228 e. The summed E-state index contributed by atoms with van der Waals surface area (Å²) >= 11 is 0. The van der Waals surface area contributed by atoms with Crippen LogP contribution in [0.1, 0.15) is 44.9 Å². The van der Waals surface area contributed by atoms with E-state index < -0.39 is 17.2 Å². The van der Waals surface area contributed by atoms with E-state index in [-0.39, 0.29) is 23.7 Å². The number of nitrogens with zero attached hydrogens (tertiary/aromatic N) is 5. The molecule has 3 heterocycles. The van der Waals surface area contributed by atoms with Crippen LogP contribution in [0, 0.1) is 11.6 Å². The third-order valence-electron chi connectivity index (χ3n) is 5.99. The van der Waals surface area contributed by atoms with Crippen molar-refractivity contribution in [2.45, 2.75) is 44.9 Å². The molecule has 0 amide bonds. The molecule has 0 aliphatic carbocycles. The van der Waals surface area contributed by atoms with Crippen LogP contribution in [0.5, 0.6) is 0 Å². The molecule has 34 heavy (non-hydrogen) atoms. The zero-order chi connectivity index (χ0) is 23.9. The lowest BCUT2D eigenvalue weighted by molar-refractivity contribution is -0.0366. The zero-order valence-electron chi connectivity index (χ0n) is 18.9. The van der Waals surface area contributed by atoms with E-state index >= 15 is 0 Å². The molecule has 3 N–H and O–H groups in total. The summed E-state index contributed by atoms with van der Waals surface area (Å²) in [4.78, 5) is 13.0. The standard InChI is InChI=1S/C24H25F2N7O/c1-24(2,16-6-5-7-17(25)20(16)26)32-23-30-21(29-22(27)31-23)14-9-10-15-13-28-33(18(15)12-14)19-8-3-4-11-34-19/h5-7,9-10,12-13,19H,3-4,8,11H2,1-2H3,(H3,27,29,30,31,32). The van der Waals surface area contributed by atoms with E-state index in [9.17, 15) is 8.78 Å². The van der Waals surface area contributed by atoms with Crippen LogP contribution in [0.15, 0.2) is 42.6 Å². The van der Waals surface area contributed by atoms with Gasteiger partial charge in [0.25, 0.3) is 0 Å². The van der Waals surface area contributed by atoms with E-state index in [2.05, 4.69) is 25.4 Å². The number of halogens is 2. The van der Waals surface area contributed by atoms with Crippen molar-refractivity contribution < 1.29 is 13.5 Å². The van der Waals surface area contributed by atoms with Crippen LogP contribution < -0.4 is 11.1 Å². The number of nitrogens with one attached hydrogen (secondary N) is 1. The van der Waals surface area contributed by atoms with Crippen LogP contribution in [0.2, 0.25) is 0 Å². The van der Waals surface area contributed by atoms with Crippen molar-refractivity contribution in [3.8, 4) is 11.4 Å². The maximum atomic E-state index is 14.4. The molecule has 2 aromatic heterocycles. The highest BCUT2D eigenvalue weighted by molar-refractivity contribution is 5.83. The van der Waals surface area contributed by atoms with Crippen molar-refractivity contribution in [2.75, 3.05) is 17.7 Å². The van der Waals surface area contributed by atoms with Gasteiger partial charge in [0.1, 0.15) is 0 Å². The molecule has 0 bridgehead atoms. The van der Waals surface area contributed by atoms with Gasteiger partial charge in [-0.1, -0.05) is 24.3 Å². The number of aromatic nitrogens is 5. The maximum absolute atomic E-state index is 14.4. The topological polar surface area (TPSA) is 104 Å². The Balaban J connectivity index is 1.49. The Labute approximate surface area is 195 Å². The molecular weight excluding hydrogens is 440 g/mol. The van der Waals surface area contributed by atoms with Gasteiger partial charge in [0.2, 0.25) is 11.9 Å². The number of rotatable bonds is 5. The van der Waals surface area contributed by atoms with Gasteiger partial charge in [0, 0.05) is 23.1 Å². The first kappa shape index (κ1) is 22.1. The van der Waals surface area contributed by atoms with Crippen LogP contribution in [-0.2, 0) is 10.3 Å². The van der Waals surface area contributed by atoms with Crippen molar-refractivity contribution >= 4 is 22.8 Å². The second-order valence-corrected chi connectivity index (χ2v) is 8.88. The molecule has 5 rings (SSSR count). The Hall–Kier alpha value is -3.66. The number of anilines is 2. The summed E-state index contributed by atoms with van der Waals surface area (Å²) in [6.45, 7) is 4.13. The number of hydrogen-bond acceptors (Lipinski definition) is 7. The summed E-state index contributed by atoms with van der Waals surface area (Å²) in [5.41, 5.74) is 6.72. The average molecular weight is 466 g/mol. The molecule has 0 spiro atoms. The first-order chi connectivity index (χ1) is 16.3. The zero-order valence-corrected chi connectivity index (χ0v) is 18.9. The Kier molecular flexibility index (Phi) is 5.60. The van der Waals surface area contributed by atoms with Gasteiger partial charge < -0.3 is 15.8 Å². The minimum Gasteiger partial charge on any atom is -0.368 e. The van der Waals surface area contributed by atoms with Crippen molar-refractivity contribution in [3.05, 3.63) is 59.8 Å². The Morgan fingerprint density at radius 2 is 1.97 bits per heavy atom. The molecule has 1 aliphatic heterocycles. The van der Waals surface area contributed by atoms with Gasteiger partial charge in [-0.15, -0.1) is 0 Å². The second-order valence-electron chi connectivity index (χ2n) is 8.88. The number of nitrogen functional groups attached to an aromatic ring is 1. The summed E-state index contributed by atoms with van der Waals surface area (Å²) in [7, 11) is 0. The van der Waals surface area contributed by atoms with Gasteiger partial charge in [-0.2, -0.15) is 20.1 Å². The third kappa shape index (κ3) is 4.16. The predicted octanol–water partition coefficient (Wildman–Crippen LogP) is 4.80. The quantitative estimate of drug-likeness (QED) is 0.436. The van der Waals surface area contributed by atoms with Gasteiger partial charge in [0.15, 0.2) is 23.7 Å². The fourth-order valence-electron chi connectivity index (χ4n) is 4.23. The van der Waals surface area contributed by atoms with Crippen molar-refractivity contribution in [2.24, 2.45) is 0 Å². The molecule has 2 aromatic carbocycles. The number of ether oxygens (including phenoxy) is 1. The normalized spacial score (nSPS) is 16.6. The van der Waals surface area contributed by atoms with E-state index in [1.807, 2.05) is 29.1 Å². The molecule has 4 aromatic rings. The van der Waals surface area contributed by atoms with Crippen LogP contribution >= 0.6 is 0 Å². The van der Waals surface area contributed by atoms with Crippen molar-refractivity contribution in [3.63, 3.8) is 0 Å². The molecule has 1 saturated heterocycles. The Morgan fingerprint density at radius 1 is 1.12 bits per heavy atom. The highest BCUT2D eigenvalue weighted by Gasteiger charge is 2.27. The summed E-state index contributed by atoms with van der Waals surface area (Å²) in [6, 6.07) is 9.81. The lowest BCUT2D eigenvalue weighted by atomic mass is 9.94. The minimum atomic E-state index is -1.02. The predicted molar refractivity (Wildman–Crippen MR) is 125 cm³/mol.